The molecule has 4 heterocycles. The number of hydrogen-bond acceptors (Lipinski definition) is 7. The summed E-state index contributed by atoms with van der Waals surface area (Å²) in [7, 11) is 0. The summed E-state index contributed by atoms with van der Waals surface area (Å²) in [6.45, 7) is 0. The maximum atomic E-state index is 14.5. The maximum absolute atomic E-state index is 14.5. The van der Waals surface area contributed by atoms with Crippen molar-refractivity contribution in [2.24, 2.45) is 11.0 Å². The van der Waals surface area contributed by atoms with Crippen molar-refractivity contribution >= 4 is 11.7 Å². The Morgan fingerprint density at radius 1 is 1.11 bits per heavy atom. The lowest BCUT2D eigenvalue weighted by atomic mass is 9.80. The zero-order chi connectivity index (χ0) is 18.0. The van der Waals surface area contributed by atoms with Crippen molar-refractivity contribution in [2.75, 3.05) is 4.90 Å². The van der Waals surface area contributed by atoms with E-state index in [1.165, 1.54) is 12.8 Å². The average molecular weight is 371 g/mol. The van der Waals surface area contributed by atoms with E-state index in [1.54, 1.807) is 10.8 Å². The van der Waals surface area contributed by atoms with Gasteiger partial charge in [0.15, 0.2) is 5.82 Å². The van der Waals surface area contributed by atoms with Crippen LogP contribution in [-0.2, 0) is 0 Å². The first-order chi connectivity index (χ1) is 13.3. The van der Waals surface area contributed by atoms with Gasteiger partial charge in [0.25, 0.3) is 12.0 Å². The summed E-state index contributed by atoms with van der Waals surface area (Å²) < 4.78 is 21.8. The summed E-state index contributed by atoms with van der Waals surface area (Å²) in [5.41, 5.74) is 3.26. The highest BCUT2D eigenvalue weighted by atomic mass is 19.1. The molecule has 0 bridgehead atoms. The smallest absolute Gasteiger partial charge is 0.295 e. The van der Waals surface area contributed by atoms with Gasteiger partial charge in [-0.15, -0.1) is 0 Å². The molecule has 142 valence electrons. The summed E-state index contributed by atoms with van der Waals surface area (Å²) in [6, 6.07) is 0.122. The number of anilines is 1. The SMILES string of the molecule is Fc1ncc2n1C1CCCCC1C1NN=C(c3nc(C4CCCC4)no3)N21. The van der Waals surface area contributed by atoms with Gasteiger partial charge in [-0.3, -0.25) is 14.9 Å². The summed E-state index contributed by atoms with van der Waals surface area (Å²) >= 11 is 0. The van der Waals surface area contributed by atoms with Crippen molar-refractivity contribution in [3.8, 4) is 0 Å². The number of imidazole rings is 1. The third-order valence-electron chi connectivity index (χ3n) is 6.66. The predicted molar refractivity (Wildman–Crippen MR) is 94.6 cm³/mol. The van der Waals surface area contributed by atoms with Crippen LogP contribution in [0.3, 0.4) is 0 Å². The highest BCUT2D eigenvalue weighted by Crippen LogP contribution is 2.46. The van der Waals surface area contributed by atoms with Crippen molar-refractivity contribution in [2.45, 2.75) is 69.5 Å². The fraction of sp³-hybridized carbons (Fsp3) is 0.667. The van der Waals surface area contributed by atoms with Gasteiger partial charge in [-0.2, -0.15) is 14.5 Å². The van der Waals surface area contributed by atoms with E-state index in [0.717, 1.165) is 44.3 Å². The van der Waals surface area contributed by atoms with Gasteiger partial charge in [-0.05, 0) is 25.7 Å². The maximum Gasteiger partial charge on any atom is 0.295 e. The summed E-state index contributed by atoms with van der Waals surface area (Å²) in [5.74, 6) is 3.09. The normalized spacial score (nSPS) is 29.9. The molecule has 0 radical (unpaired) electrons. The molecule has 2 aliphatic heterocycles. The summed E-state index contributed by atoms with van der Waals surface area (Å²) in [5, 5.41) is 8.73. The Morgan fingerprint density at radius 3 is 2.81 bits per heavy atom. The summed E-state index contributed by atoms with van der Waals surface area (Å²) in [6.07, 6.45) is 10.1. The molecule has 1 N–H and O–H groups in total. The van der Waals surface area contributed by atoms with Crippen LogP contribution in [0.5, 0.6) is 0 Å². The van der Waals surface area contributed by atoms with Gasteiger partial charge in [-0.25, -0.2) is 4.98 Å². The van der Waals surface area contributed by atoms with E-state index in [-0.39, 0.29) is 18.1 Å². The molecule has 3 unspecified atom stereocenters. The number of nitrogens with zero attached hydrogens (tertiary/aromatic N) is 6. The van der Waals surface area contributed by atoms with Crippen LogP contribution < -0.4 is 10.3 Å². The van der Waals surface area contributed by atoms with Gasteiger partial charge in [0.2, 0.25) is 5.84 Å². The molecule has 0 amide bonds. The molecule has 4 aliphatic rings. The molecule has 2 fully saturated rings. The third kappa shape index (κ3) is 2.20. The van der Waals surface area contributed by atoms with Gasteiger partial charge < -0.3 is 4.52 Å². The number of amidine groups is 1. The molecule has 2 aromatic rings. The fourth-order valence-corrected chi connectivity index (χ4v) is 5.38. The Kier molecular flexibility index (Phi) is 3.33. The van der Waals surface area contributed by atoms with Crippen molar-refractivity contribution in [3.05, 3.63) is 24.0 Å². The predicted octanol–water partition coefficient (Wildman–Crippen LogP) is 2.91. The van der Waals surface area contributed by atoms with Crippen molar-refractivity contribution in [3.63, 3.8) is 0 Å². The van der Waals surface area contributed by atoms with Crippen LogP contribution in [0.2, 0.25) is 0 Å². The van der Waals surface area contributed by atoms with E-state index in [2.05, 4.69) is 25.7 Å². The van der Waals surface area contributed by atoms with Crippen LogP contribution in [0.15, 0.2) is 15.8 Å². The summed E-state index contributed by atoms with van der Waals surface area (Å²) in [4.78, 5) is 10.6. The number of rotatable bonds is 2. The average Bonchev–Trinajstić information content (AvgIpc) is 3.46. The lowest BCUT2D eigenvalue weighted by Crippen LogP contribution is -2.54. The first-order valence-electron chi connectivity index (χ1n) is 10.0. The number of hydrogen-bond donors (Lipinski definition) is 1. The zero-order valence-electron chi connectivity index (χ0n) is 15.0. The molecular formula is C18H22FN7O. The Bertz CT molecular complexity index is 899. The topological polar surface area (TPSA) is 84.4 Å². The minimum atomic E-state index is -0.427. The van der Waals surface area contributed by atoms with Crippen LogP contribution in [0, 0.1) is 12.0 Å². The van der Waals surface area contributed by atoms with E-state index in [4.69, 9.17) is 4.52 Å². The molecule has 0 spiro atoms. The number of fused-ring (bicyclic) bond motifs is 6. The van der Waals surface area contributed by atoms with Gasteiger partial charge in [0, 0.05) is 17.9 Å². The van der Waals surface area contributed by atoms with Crippen LogP contribution >= 0.6 is 0 Å². The number of halogens is 1. The third-order valence-corrected chi connectivity index (χ3v) is 6.66. The molecule has 2 aromatic heterocycles. The molecule has 8 nitrogen and oxygen atoms in total. The van der Waals surface area contributed by atoms with Crippen LogP contribution in [0.4, 0.5) is 10.2 Å². The Balaban J connectivity index is 1.39. The van der Waals surface area contributed by atoms with E-state index in [1.807, 2.05) is 4.90 Å². The molecule has 0 aromatic carbocycles. The van der Waals surface area contributed by atoms with E-state index < -0.39 is 6.08 Å². The highest BCUT2D eigenvalue weighted by Gasteiger charge is 2.49. The van der Waals surface area contributed by atoms with Gasteiger partial charge in [-0.1, -0.05) is 30.8 Å². The number of nitrogens with one attached hydrogen (secondary N) is 1. The molecular weight excluding hydrogens is 349 g/mol. The van der Waals surface area contributed by atoms with Gasteiger partial charge in [0.1, 0.15) is 12.0 Å². The monoisotopic (exact) mass is 371 g/mol. The Labute approximate surface area is 155 Å². The lowest BCUT2D eigenvalue weighted by Gasteiger charge is -2.45. The Hall–Kier alpha value is -2.45. The van der Waals surface area contributed by atoms with Gasteiger partial charge >= 0.3 is 0 Å². The second-order valence-electron chi connectivity index (χ2n) is 8.09. The van der Waals surface area contributed by atoms with E-state index in [0.29, 0.717) is 23.5 Å². The molecule has 3 atom stereocenters. The number of hydrazone groups is 1. The second kappa shape index (κ2) is 5.77. The van der Waals surface area contributed by atoms with Crippen molar-refractivity contribution in [1.82, 2.24) is 25.1 Å². The zero-order valence-corrected chi connectivity index (χ0v) is 15.0. The molecule has 0 saturated heterocycles. The first kappa shape index (κ1) is 15.6. The first-order valence-corrected chi connectivity index (χ1v) is 10.0. The van der Waals surface area contributed by atoms with E-state index >= 15 is 0 Å². The molecule has 27 heavy (non-hydrogen) atoms. The molecule has 9 heteroatoms. The van der Waals surface area contributed by atoms with Gasteiger partial charge in [0.05, 0.1) is 6.20 Å². The van der Waals surface area contributed by atoms with E-state index in [9.17, 15) is 4.39 Å². The van der Waals surface area contributed by atoms with Crippen molar-refractivity contribution in [1.29, 1.82) is 0 Å². The largest absolute Gasteiger partial charge is 0.330 e. The second-order valence-corrected chi connectivity index (χ2v) is 8.09. The lowest BCUT2D eigenvalue weighted by molar-refractivity contribution is 0.161. The fourth-order valence-electron chi connectivity index (χ4n) is 5.38. The minimum absolute atomic E-state index is 0.0178. The molecule has 2 aliphatic carbocycles. The standard InChI is InChI=1S/C18H22FN7O/c19-18-20-9-13-25(18)12-8-4-3-7-11(12)15-22-23-16(26(13)15)17-21-14(24-27-17)10-5-1-2-6-10/h9-12,15,22H,1-8H2. The molecule has 2 saturated carbocycles. The Morgan fingerprint density at radius 2 is 1.93 bits per heavy atom. The molecule has 6 rings (SSSR count). The van der Waals surface area contributed by atoms with Crippen LogP contribution in [-0.4, -0.2) is 31.7 Å². The van der Waals surface area contributed by atoms with Crippen molar-refractivity contribution < 1.29 is 8.91 Å². The van der Waals surface area contributed by atoms with Crippen LogP contribution in [0.1, 0.15) is 75.0 Å². The number of aromatic nitrogens is 4. The van der Waals surface area contributed by atoms with Crippen LogP contribution in [0.25, 0.3) is 0 Å². The highest BCUT2D eigenvalue weighted by molar-refractivity contribution is 6.08. The quantitative estimate of drug-likeness (QED) is 0.874. The minimum Gasteiger partial charge on any atom is -0.330 e.